The normalized spacial score (nSPS) is 18.1. The van der Waals surface area contributed by atoms with E-state index in [0.29, 0.717) is 10.7 Å². The lowest BCUT2D eigenvalue weighted by molar-refractivity contribution is -0.134. The number of benzene rings is 2. The first-order chi connectivity index (χ1) is 17.1. The van der Waals surface area contributed by atoms with Crippen molar-refractivity contribution in [1.29, 1.82) is 0 Å². The second-order valence-corrected chi connectivity index (χ2v) is 10.3. The molecule has 1 aromatic heterocycles. The van der Waals surface area contributed by atoms with E-state index in [1.165, 1.54) is 16.9 Å². The predicted molar refractivity (Wildman–Crippen MR) is 141 cm³/mol. The van der Waals surface area contributed by atoms with Crippen LogP contribution < -0.4 is 5.32 Å². The van der Waals surface area contributed by atoms with Crippen LogP contribution in [-0.2, 0) is 11.2 Å². The molecule has 3 aromatic rings. The van der Waals surface area contributed by atoms with Gasteiger partial charge in [-0.1, -0.05) is 60.2 Å². The molecule has 7 heteroatoms. The summed E-state index contributed by atoms with van der Waals surface area (Å²) >= 11 is 1.49. The van der Waals surface area contributed by atoms with E-state index >= 15 is 0 Å². The fourth-order valence-electron chi connectivity index (χ4n) is 4.67. The van der Waals surface area contributed by atoms with Gasteiger partial charge in [0, 0.05) is 43.2 Å². The number of rotatable bonds is 6. The Hall–Kier alpha value is -3.29. The number of hydrogen-bond donors (Lipinski definition) is 1. The van der Waals surface area contributed by atoms with Crippen molar-refractivity contribution in [3.05, 3.63) is 87.9 Å². The molecule has 1 atom stereocenters. The zero-order valence-corrected chi connectivity index (χ0v) is 20.8. The highest BCUT2D eigenvalue weighted by molar-refractivity contribution is 7.16. The van der Waals surface area contributed by atoms with Gasteiger partial charge in [0.05, 0.1) is 11.6 Å². The van der Waals surface area contributed by atoms with Crippen LogP contribution in [-0.4, -0.2) is 59.3 Å². The number of hydrogen-bond acceptors (Lipinski definition) is 5. The average molecular weight is 487 g/mol. The molecule has 6 nitrogen and oxygen atoms in total. The Kier molecular flexibility index (Phi) is 7.06. The van der Waals surface area contributed by atoms with Gasteiger partial charge in [-0.15, -0.1) is 11.3 Å². The highest BCUT2D eigenvalue weighted by Crippen LogP contribution is 2.39. The third-order valence-electron chi connectivity index (χ3n) is 6.71. The fourth-order valence-corrected chi connectivity index (χ4v) is 5.70. The molecular formula is C28H30N4O2S. The Morgan fingerprint density at radius 3 is 2.54 bits per heavy atom. The summed E-state index contributed by atoms with van der Waals surface area (Å²) in [5.74, 6) is -0.196. The molecule has 1 saturated heterocycles. The predicted octanol–water partition coefficient (Wildman–Crippen LogP) is 4.59. The van der Waals surface area contributed by atoms with Crippen molar-refractivity contribution in [2.75, 3.05) is 38.0 Å². The summed E-state index contributed by atoms with van der Waals surface area (Å²) in [6, 6.07) is 17.8. The number of anilines is 1. The van der Waals surface area contributed by atoms with E-state index in [0.717, 1.165) is 61.7 Å². The fraction of sp³-hybridized carbons (Fsp3) is 0.321. The number of aryl methyl sites for hydroxylation is 2. The van der Waals surface area contributed by atoms with E-state index in [-0.39, 0.29) is 17.7 Å². The van der Waals surface area contributed by atoms with Gasteiger partial charge in [-0.25, -0.2) is 4.98 Å². The smallest absolute Gasteiger partial charge is 0.257 e. The Bertz CT molecular complexity index is 1210. The maximum absolute atomic E-state index is 13.3. The van der Waals surface area contributed by atoms with Crippen molar-refractivity contribution < 1.29 is 9.59 Å². The minimum Gasteiger partial charge on any atom is -0.340 e. The van der Waals surface area contributed by atoms with Gasteiger partial charge in [0.2, 0.25) is 5.91 Å². The average Bonchev–Trinajstić information content (AvgIpc) is 3.45. The van der Waals surface area contributed by atoms with Gasteiger partial charge in [0.1, 0.15) is 0 Å². The van der Waals surface area contributed by atoms with E-state index in [1.807, 2.05) is 54.3 Å². The first-order valence-electron chi connectivity index (χ1n) is 12.2. The number of aromatic nitrogens is 1. The zero-order valence-electron chi connectivity index (χ0n) is 19.9. The summed E-state index contributed by atoms with van der Waals surface area (Å²) in [6.45, 7) is 6.11. The molecule has 1 aliphatic carbocycles. The second kappa shape index (κ2) is 10.5. The van der Waals surface area contributed by atoms with Crippen molar-refractivity contribution in [2.45, 2.75) is 25.7 Å². The van der Waals surface area contributed by atoms with Gasteiger partial charge < -0.3 is 4.90 Å². The van der Waals surface area contributed by atoms with Crippen LogP contribution in [0.2, 0.25) is 0 Å². The number of carbonyl (C=O) groups excluding carboxylic acids is 2. The molecule has 0 saturated carbocycles. The first kappa shape index (κ1) is 23.5. The van der Waals surface area contributed by atoms with Crippen LogP contribution in [0.1, 0.15) is 44.4 Å². The quantitative estimate of drug-likeness (QED) is 0.554. The van der Waals surface area contributed by atoms with Crippen molar-refractivity contribution in [2.24, 2.45) is 0 Å². The summed E-state index contributed by atoms with van der Waals surface area (Å²) < 4.78 is 0. The summed E-state index contributed by atoms with van der Waals surface area (Å²) in [5, 5.41) is 3.49. The molecule has 5 rings (SSSR count). The molecule has 1 N–H and O–H groups in total. The molecule has 2 amide bonds. The van der Waals surface area contributed by atoms with Crippen molar-refractivity contribution >= 4 is 34.4 Å². The monoisotopic (exact) mass is 486 g/mol. The van der Waals surface area contributed by atoms with Gasteiger partial charge in [-0.2, -0.15) is 0 Å². The number of carbonyl (C=O) groups is 2. The molecule has 2 aliphatic rings. The lowest BCUT2D eigenvalue weighted by atomic mass is 10.1. The van der Waals surface area contributed by atoms with Crippen molar-refractivity contribution in [3.63, 3.8) is 0 Å². The Morgan fingerprint density at radius 1 is 1.06 bits per heavy atom. The minimum atomic E-state index is -0.198. The summed E-state index contributed by atoms with van der Waals surface area (Å²) in [7, 11) is 0. The van der Waals surface area contributed by atoms with Crippen LogP contribution in [0, 0.1) is 6.92 Å². The van der Waals surface area contributed by atoms with Crippen molar-refractivity contribution in [3.8, 4) is 0 Å². The number of fused-ring (bicyclic) bond motifs is 1. The van der Waals surface area contributed by atoms with E-state index in [4.69, 9.17) is 0 Å². The maximum Gasteiger partial charge on any atom is 0.257 e. The van der Waals surface area contributed by atoms with E-state index in [2.05, 4.69) is 39.5 Å². The van der Waals surface area contributed by atoms with E-state index in [1.54, 1.807) is 0 Å². The van der Waals surface area contributed by atoms with Crippen molar-refractivity contribution in [1.82, 2.24) is 14.8 Å². The van der Waals surface area contributed by atoms with Gasteiger partial charge in [-0.05, 0) is 37.5 Å². The highest BCUT2D eigenvalue weighted by Gasteiger charge is 2.36. The molecular weight excluding hydrogens is 456 g/mol. The molecule has 1 unspecified atom stereocenters. The summed E-state index contributed by atoms with van der Waals surface area (Å²) in [6.07, 6.45) is 5.99. The largest absolute Gasteiger partial charge is 0.340 e. The molecule has 2 heterocycles. The van der Waals surface area contributed by atoms with E-state index in [9.17, 15) is 9.59 Å². The standard InChI is InChI=1S/C28H30N4O2S/c1-20-9-11-22(12-10-20)26(33)30-28-29-25-23(13-14-24(25)35-28)27(34)32-18-16-31(17-19-32)15-5-8-21-6-3-2-4-7-21/h2-12,23H,13-19H2,1H3,(H,29,30,33)/b8-5+. The number of nitrogens with zero attached hydrogens (tertiary/aromatic N) is 3. The van der Waals surface area contributed by atoms with Crippen LogP contribution in [0.5, 0.6) is 0 Å². The highest BCUT2D eigenvalue weighted by atomic mass is 32.1. The van der Waals surface area contributed by atoms with Crippen LogP contribution >= 0.6 is 11.3 Å². The molecule has 0 radical (unpaired) electrons. The molecule has 0 bridgehead atoms. The zero-order chi connectivity index (χ0) is 24.2. The summed E-state index contributed by atoms with van der Waals surface area (Å²) in [4.78, 5) is 36.1. The SMILES string of the molecule is Cc1ccc(C(=O)Nc2nc3c(s2)CCC3C(=O)N2CCN(C/C=C/c3ccccc3)CC2)cc1. The van der Waals surface area contributed by atoms with Crippen LogP contribution in [0.15, 0.2) is 60.7 Å². The van der Waals surface area contributed by atoms with Crippen LogP contribution in [0.3, 0.4) is 0 Å². The molecule has 2 aromatic carbocycles. The first-order valence-corrected chi connectivity index (χ1v) is 13.0. The Morgan fingerprint density at radius 2 is 1.80 bits per heavy atom. The number of piperazine rings is 1. The minimum absolute atomic E-state index is 0.169. The molecule has 1 aliphatic heterocycles. The van der Waals surface area contributed by atoms with Gasteiger partial charge >= 0.3 is 0 Å². The maximum atomic E-state index is 13.3. The second-order valence-electron chi connectivity index (χ2n) is 9.18. The van der Waals surface area contributed by atoms with E-state index < -0.39 is 0 Å². The Labute approximate surface area is 210 Å². The van der Waals surface area contributed by atoms with Crippen LogP contribution in [0.4, 0.5) is 5.13 Å². The number of amides is 2. The Balaban J connectivity index is 1.15. The van der Waals surface area contributed by atoms with Gasteiger partial charge in [0.15, 0.2) is 5.13 Å². The molecule has 1 fully saturated rings. The van der Waals surface area contributed by atoms with Crippen LogP contribution in [0.25, 0.3) is 6.08 Å². The lowest BCUT2D eigenvalue weighted by Crippen LogP contribution is -2.49. The third kappa shape index (κ3) is 5.52. The van der Waals surface area contributed by atoms with Gasteiger partial charge in [-0.3, -0.25) is 19.8 Å². The van der Waals surface area contributed by atoms with Gasteiger partial charge in [0.25, 0.3) is 5.91 Å². The molecule has 35 heavy (non-hydrogen) atoms. The topological polar surface area (TPSA) is 65.5 Å². The summed E-state index contributed by atoms with van der Waals surface area (Å²) in [5.41, 5.74) is 3.78. The lowest BCUT2D eigenvalue weighted by Gasteiger charge is -2.35. The molecule has 0 spiro atoms. The molecule has 180 valence electrons. The third-order valence-corrected chi connectivity index (χ3v) is 7.75. The number of nitrogens with one attached hydrogen (secondary N) is 1. The number of thiazole rings is 1.